The highest BCUT2D eigenvalue weighted by molar-refractivity contribution is 6.44. The average Bonchev–Trinajstić information content (AvgIpc) is 2.38. The highest BCUT2D eigenvalue weighted by Gasteiger charge is 2.39. The minimum absolute atomic E-state index is 0.325. The topological polar surface area (TPSA) is 75.7 Å². The molecule has 1 saturated heterocycles. The number of rotatable bonds is 4. The first-order valence-corrected chi connectivity index (χ1v) is 4.25. The van der Waals surface area contributed by atoms with Crippen molar-refractivity contribution in [2.45, 2.75) is 19.4 Å². The van der Waals surface area contributed by atoms with Crippen molar-refractivity contribution >= 4 is 17.8 Å². The third kappa shape index (κ3) is 1.90. The molecule has 0 spiro atoms. The van der Waals surface area contributed by atoms with Crippen molar-refractivity contribution in [2.75, 3.05) is 13.7 Å². The fourth-order valence-electron chi connectivity index (χ4n) is 1.23. The minimum atomic E-state index is -0.862. The van der Waals surface area contributed by atoms with Gasteiger partial charge in [0.25, 0.3) is 0 Å². The van der Waals surface area contributed by atoms with Crippen molar-refractivity contribution in [1.82, 2.24) is 10.2 Å². The number of ether oxygens (including phenoxy) is 1. The molecule has 1 atom stereocenters. The Bertz CT molecular complexity index is 277. The second kappa shape index (κ2) is 4.19. The summed E-state index contributed by atoms with van der Waals surface area (Å²) in [7, 11) is 1.53. The van der Waals surface area contributed by atoms with Crippen LogP contribution in [0.5, 0.6) is 0 Å². The standard InChI is InChI=1S/C8H12N2O4/c1-5(3-4-14-2)10-7(12)6(11)9-8(10)13/h5H,3-4H2,1-2H3,(H,9,11,13). The average molecular weight is 200 g/mol. The first-order chi connectivity index (χ1) is 6.57. The number of urea groups is 1. The highest BCUT2D eigenvalue weighted by Crippen LogP contribution is 2.09. The fourth-order valence-corrected chi connectivity index (χ4v) is 1.23. The van der Waals surface area contributed by atoms with Gasteiger partial charge in [-0.1, -0.05) is 0 Å². The molecule has 0 radical (unpaired) electrons. The SMILES string of the molecule is COCCC(C)N1C(=O)NC(=O)C1=O. The largest absolute Gasteiger partial charge is 0.385 e. The zero-order chi connectivity index (χ0) is 10.7. The maximum atomic E-state index is 11.2. The summed E-state index contributed by atoms with van der Waals surface area (Å²) in [5.41, 5.74) is 0. The molecule has 6 nitrogen and oxygen atoms in total. The van der Waals surface area contributed by atoms with Crippen molar-refractivity contribution in [2.24, 2.45) is 0 Å². The van der Waals surface area contributed by atoms with Crippen LogP contribution in [0.15, 0.2) is 0 Å². The maximum absolute atomic E-state index is 11.2. The van der Waals surface area contributed by atoms with Crippen molar-refractivity contribution in [3.63, 3.8) is 0 Å². The van der Waals surface area contributed by atoms with Crippen molar-refractivity contribution in [3.05, 3.63) is 0 Å². The lowest BCUT2D eigenvalue weighted by Crippen LogP contribution is -2.39. The Labute approximate surface area is 81.2 Å². The molecule has 0 aromatic rings. The van der Waals surface area contributed by atoms with E-state index < -0.39 is 17.8 Å². The molecule has 0 aliphatic carbocycles. The number of nitrogens with one attached hydrogen (secondary N) is 1. The Kier molecular flexibility index (Phi) is 3.19. The number of amides is 4. The molecule has 14 heavy (non-hydrogen) atoms. The molecule has 1 fully saturated rings. The van der Waals surface area contributed by atoms with E-state index in [4.69, 9.17) is 4.74 Å². The molecule has 1 rings (SSSR count). The van der Waals surface area contributed by atoms with Crippen LogP contribution < -0.4 is 5.32 Å². The van der Waals surface area contributed by atoms with Crippen molar-refractivity contribution < 1.29 is 19.1 Å². The first kappa shape index (κ1) is 10.6. The van der Waals surface area contributed by atoms with Crippen LogP contribution >= 0.6 is 0 Å². The number of hydrogen-bond acceptors (Lipinski definition) is 4. The van der Waals surface area contributed by atoms with Crippen LogP contribution in [0.1, 0.15) is 13.3 Å². The predicted molar refractivity (Wildman–Crippen MR) is 46.3 cm³/mol. The van der Waals surface area contributed by atoms with Gasteiger partial charge >= 0.3 is 17.8 Å². The molecular weight excluding hydrogens is 188 g/mol. The van der Waals surface area contributed by atoms with Gasteiger partial charge in [0, 0.05) is 19.8 Å². The van der Waals surface area contributed by atoms with Gasteiger partial charge in [0.15, 0.2) is 0 Å². The van der Waals surface area contributed by atoms with Gasteiger partial charge in [-0.2, -0.15) is 0 Å². The molecule has 1 aliphatic rings. The predicted octanol–water partition coefficient (Wildman–Crippen LogP) is -0.510. The summed E-state index contributed by atoms with van der Waals surface area (Å²) in [6.45, 7) is 2.13. The second-order valence-electron chi connectivity index (χ2n) is 3.06. The molecule has 0 aromatic heterocycles. The normalized spacial score (nSPS) is 18.7. The lowest BCUT2D eigenvalue weighted by molar-refractivity contribution is -0.141. The van der Waals surface area contributed by atoms with Crippen LogP contribution in [-0.4, -0.2) is 42.5 Å². The van der Waals surface area contributed by atoms with Crippen LogP contribution in [0.2, 0.25) is 0 Å². The molecule has 4 amide bonds. The number of imide groups is 2. The summed E-state index contributed by atoms with van der Waals surface area (Å²) < 4.78 is 4.81. The van der Waals surface area contributed by atoms with Crippen LogP contribution in [0, 0.1) is 0 Å². The maximum Gasteiger partial charge on any atom is 0.331 e. The molecule has 78 valence electrons. The molecular formula is C8H12N2O4. The second-order valence-corrected chi connectivity index (χ2v) is 3.06. The quantitative estimate of drug-likeness (QED) is 0.490. The van der Waals surface area contributed by atoms with Gasteiger partial charge in [0.05, 0.1) is 0 Å². The first-order valence-electron chi connectivity index (χ1n) is 4.25. The Morgan fingerprint density at radius 2 is 2.07 bits per heavy atom. The summed E-state index contributed by atoms with van der Waals surface area (Å²) in [5.74, 6) is -1.65. The van der Waals surface area contributed by atoms with Gasteiger partial charge < -0.3 is 4.74 Å². The summed E-state index contributed by atoms with van der Waals surface area (Å²) >= 11 is 0. The number of carbonyl (C=O) groups excluding carboxylic acids is 3. The summed E-state index contributed by atoms with van der Waals surface area (Å²) in [6, 6.07) is -0.975. The lowest BCUT2D eigenvalue weighted by Gasteiger charge is -2.19. The Hall–Kier alpha value is -1.43. The Morgan fingerprint density at radius 1 is 1.43 bits per heavy atom. The Balaban J connectivity index is 2.62. The monoisotopic (exact) mass is 200 g/mol. The van der Waals surface area contributed by atoms with Gasteiger partial charge in [-0.25, -0.2) is 4.79 Å². The van der Waals surface area contributed by atoms with Gasteiger partial charge in [-0.15, -0.1) is 0 Å². The highest BCUT2D eigenvalue weighted by atomic mass is 16.5. The third-order valence-electron chi connectivity index (χ3n) is 2.03. The molecule has 1 unspecified atom stereocenters. The van der Waals surface area contributed by atoms with E-state index in [2.05, 4.69) is 0 Å². The molecule has 1 aliphatic heterocycles. The summed E-state index contributed by atoms with van der Waals surface area (Å²) in [4.78, 5) is 34.0. The number of nitrogens with zero attached hydrogens (tertiary/aromatic N) is 1. The molecule has 0 bridgehead atoms. The summed E-state index contributed by atoms with van der Waals surface area (Å²) in [5, 5.41) is 1.93. The van der Waals surface area contributed by atoms with E-state index >= 15 is 0 Å². The third-order valence-corrected chi connectivity index (χ3v) is 2.03. The van der Waals surface area contributed by atoms with E-state index in [-0.39, 0.29) is 6.04 Å². The minimum Gasteiger partial charge on any atom is -0.385 e. The molecule has 0 saturated carbocycles. The molecule has 1 N–H and O–H groups in total. The van der Waals surface area contributed by atoms with E-state index in [1.165, 1.54) is 7.11 Å². The molecule has 6 heteroatoms. The molecule has 1 heterocycles. The fraction of sp³-hybridized carbons (Fsp3) is 0.625. The molecule has 0 aromatic carbocycles. The Morgan fingerprint density at radius 3 is 2.50 bits per heavy atom. The van der Waals surface area contributed by atoms with Crippen LogP contribution in [-0.2, 0) is 14.3 Å². The zero-order valence-electron chi connectivity index (χ0n) is 8.07. The van der Waals surface area contributed by atoms with Gasteiger partial charge in [0.2, 0.25) is 0 Å². The zero-order valence-corrected chi connectivity index (χ0v) is 8.07. The van der Waals surface area contributed by atoms with E-state index in [0.717, 1.165) is 4.90 Å². The van der Waals surface area contributed by atoms with Gasteiger partial charge in [0.1, 0.15) is 0 Å². The van der Waals surface area contributed by atoms with E-state index in [1.54, 1.807) is 6.92 Å². The van der Waals surface area contributed by atoms with E-state index in [0.29, 0.717) is 13.0 Å². The number of carbonyl (C=O) groups is 3. The number of hydrogen-bond donors (Lipinski definition) is 1. The number of methoxy groups -OCH3 is 1. The lowest BCUT2D eigenvalue weighted by atomic mass is 10.2. The summed E-state index contributed by atoms with van der Waals surface area (Å²) in [6.07, 6.45) is 0.517. The van der Waals surface area contributed by atoms with Crippen molar-refractivity contribution in [3.8, 4) is 0 Å². The van der Waals surface area contributed by atoms with Crippen LogP contribution in [0.3, 0.4) is 0 Å². The van der Waals surface area contributed by atoms with E-state index in [9.17, 15) is 14.4 Å². The van der Waals surface area contributed by atoms with Crippen molar-refractivity contribution in [1.29, 1.82) is 0 Å². The van der Waals surface area contributed by atoms with Crippen LogP contribution in [0.4, 0.5) is 4.79 Å². The van der Waals surface area contributed by atoms with Crippen LogP contribution in [0.25, 0.3) is 0 Å². The van der Waals surface area contributed by atoms with Gasteiger partial charge in [-0.3, -0.25) is 19.8 Å². The smallest absolute Gasteiger partial charge is 0.331 e. The van der Waals surface area contributed by atoms with Gasteiger partial charge in [-0.05, 0) is 13.3 Å². The van der Waals surface area contributed by atoms with E-state index in [1.807, 2.05) is 5.32 Å².